The molecule has 0 bridgehead atoms. The van der Waals surface area contributed by atoms with E-state index in [0.717, 1.165) is 10.1 Å². The first-order valence-corrected chi connectivity index (χ1v) is 9.46. The third-order valence-electron chi connectivity index (χ3n) is 4.91. The van der Waals surface area contributed by atoms with Gasteiger partial charge < -0.3 is 20.0 Å². The second-order valence-electron chi connectivity index (χ2n) is 6.88. The molecule has 0 aliphatic heterocycles. The summed E-state index contributed by atoms with van der Waals surface area (Å²) >= 11 is 0. The van der Waals surface area contributed by atoms with Crippen LogP contribution in [0.1, 0.15) is 5.56 Å². The molecule has 2 heterocycles. The molecule has 0 saturated heterocycles. The molecule has 0 fully saturated rings. The Morgan fingerprint density at radius 3 is 2.68 bits per heavy atom. The largest absolute Gasteiger partial charge is 0.497 e. The number of halogens is 1. The van der Waals surface area contributed by atoms with Crippen molar-refractivity contribution in [2.24, 2.45) is 0 Å². The number of aromatic nitrogens is 3. The van der Waals surface area contributed by atoms with Gasteiger partial charge in [0.1, 0.15) is 23.6 Å². The minimum atomic E-state index is -0.758. The van der Waals surface area contributed by atoms with Crippen LogP contribution in [0.15, 0.2) is 64.3 Å². The summed E-state index contributed by atoms with van der Waals surface area (Å²) in [5.74, 6) is -0.330. The van der Waals surface area contributed by atoms with Crippen molar-refractivity contribution in [2.75, 3.05) is 7.11 Å². The molecule has 31 heavy (non-hydrogen) atoms. The lowest BCUT2D eigenvalue weighted by atomic mass is 10.1. The number of hydrogen-bond donors (Lipinski definition) is 3. The van der Waals surface area contributed by atoms with Gasteiger partial charge in [-0.15, -0.1) is 0 Å². The van der Waals surface area contributed by atoms with E-state index in [9.17, 15) is 18.8 Å². The average molecular weight is 422 g/mol. The SMILES string of the molecule is COc1cccc(CNC(=O)Cn2c(=O)[nH]c3c(-c4ccccc4F)c[nH]c3c2=O)c1. The van der Waals surface area contributed by atoms with Crippen molar-refractivity contribution >= 4 is 16.9 Å². The fourth-order valence-electron chi connectivity index (χ4n) is 3.34. The molecule has 3 N–H and O–H groups in total. The third kappa shape index (κ3) is 3.97. The van der Waals surface area contributed by atoms with Gasteiger partial charge in [-0.2, -0.15) is 0 Å². The van der Waals surface area contributed by atoms with Crippen molar-refractivity contribution in [2.45, 2.75) is 13.1 Å². The first-order chi connectivity index (χ1) is 15.0. The van der Waals surface area contributed by atoms with E-state index in [0.29, 0.717) is 11.3 Å². The lowest BCUT2D eigenvalue weighted by molar-refractivity contribution is -0.121. The number of aromatic amines is 2. The number of rotatable bonds is 6. The highest BCUT2D eigenvalue weighted by atomic mass is 19.1. The molecule has 0 aliphatic carbocycles. The van der Waals surface area contributed by atoms with Crippen molar-refractivity contribution < 1.29 is 13.9 Å². The second kappa shape index (κ2) is 8.31. The Hall–Kier alpha value is -4.14. The van der Waals surface area contributed by atoms with Gasteiger partial charge in [0.25, 0.3) is 5.56 Å². The number of ether oxygens (including phenoxy) is 1. The van der Waals surface area contributed by atoms with Gasteiger partial charge in [0.2, 0.25) is 5.91 Å². The van der Waals surface area contributed by atoms with Crippen molar-refractivity contribution in [3.63, 3.8) is 0 Å². The van der Waals surface area contributed by atoms with E-state index in [1.807, 2.05) is 6.07 Å². The van der Waals surface area contributed by atoms with Crippen molar-refractivity contribution in [1.29, 1.82) is 0 Å². The number of nitrogens with one attached hydrogen (secondary N) is 3. The summed E-state index contributed by atoms with van der Waals surface area (Å²) in [6.45, 7) is -0.243. The monoisotopic (exact) mass is 422 g/mol. The molecular formula is C22H19FN4O4. The lowest BCUT2D eigenvalue weighted by Gasteiger charge is -2.08. The summed E-state index contributed by atoms with van der Waals surface area (Å²) in [6.07, 6.45) is 1.45. The predicted octanol–water partition coefficient (Wildman–Crippen LogP) is 2.15. The number of H-pyrrole nitrogens is 2. The average Bonchev–Trinajstić information content (AvgIpc) is 3.19. The Morgan fingerprint density at radius 1 is 1.10 bits per heavy atom. The first kappa shape index (κ1) is 20.1. The Balaban J connectivity index is 1.58. The second-order valence-corrected chi connectivity index (χ2v) is 6.88. The molecule has 0 radical (unpaired) electrons. The molecule has 0 spiro atoms. The number of carbonyl (C=O) groups excluding carboxylic acids is 1. The number of benzene rings is 2. The van der Waals surface area contributed by atoms with E-state index in [1.165, 1.54) is 12.3 Å². The number of fused-ring (bicyclic) bond motifs is 1. The molecule has 2 aromatic carbocycles. The van der Waals surface area contributed by atoms with Crippen LogP contribution >= 0.6 is 0 Å². The molecule has 0 aliphatic rings. The molecule has 0 saturated carbocycles. The van der Waals surface area contributed by atoms with E-state index in [2.05, 4.69) is 15.3 Å². The van der Waals surface area contributed by atoms with Gasteiger partial charge in [0.15, 0.2) is 0 Å². The quantitative estimate of drug-likeness (QED) is 0.442. The van der Waals surface area contributed by atoms with Gasteiger partial charge in [-0.3, -0.25) is 9.59 Å². The first-order valence-electron chi connectivity index (χ1n) is 9.46. The van der Waals surface area contributed by atoms with Crippen LogP contribution in [0.2, 0.25) is 0 Å². The highest BCUT2D eigenvalue weighted by Gasteiger charge is 2.17. The maximum Gasteiger partial charge on any atom is 0.329 e. The summed E-state index contributed by atoms with van der Waals surface area (Å²) < 4.78 is 20.1. The van der Waals surface area contributed by atoms with Crippen molar-refractivity contribution in [3.8, 4) is 16.9 Å². The molecule has 4 rings (SSSR count). The minimum Gasteiger partial charge on any atom is -0.497 e. The molecule has 9 heteroatoms. The number of nitrogens with zero attached hydrogens (tertiary/aromatic N) is 1. The normalized spacial score (nSPS) is 10.9. The van der Waals surface area contributed by atoms with Crippen LogP contribution in [-0.2, 0) is 17.9 Å². The number of carbonyl (C=O) groups is 1. The summed E-state index contributed by atoms with van der Waals surface area (Å²) in [5.41, 5.74) is 0.258. The third-order valence-corrected chi connectivity index (χ3v) is 4.91. The molecule has 2 aromatic heterocycles. The summed E-state index contributed by atoms with van der Waals surface area (Å²) in [6, 6.07) is 13.2. The van der Waals surface area contributed by atoms with Crippen LogP contribution in [0.5, 0.6) is 5.75 Å². The molecule has 8 nitrogen and oxygen atoms in total. The topological polar surface area (TPSA) is 109 Å². The fraction of sp³-hybridized carbons (Fsp3) is 0.136. The Kier molecular flexibility index (Phi) is 5.40. The van der Waals surface area contributed by atoms with Gasteiger partial charge in [0, 0.05) is 23.9 Å². The van der Waals surface area contributed by atoms with Gasteiger partial charge in [-0.1, -0.05) is 30.3 Å². The highest BCUT2D eigenvalue weighted by molar-refractivity contribution is 5.92. The number of methoxy groups -OCH3 is 1. The van der Waals surface area contributed by atoms with Crippen LogP contribution in [-0.4, -0.2) is 27.6 Å². The predicted molar refractivity (Wildman–Crippen MR) is 113 cm³/mol. The Morgan fingerprint density at radius 2 is 1.90 bits per heavy atom. The smallest absolute Gasteiger partial charge is 0.329 e. The molecule has 1 amide bonds. The molecule has 158 valence electrons. The molecular weight excluding hydrogens is 403 g/mol. The number of amides is 1. The molecule has 0 unspecified atom stereocenters. The van der Waals surface area contributed by atoms with Crippen molar-refractivity contribution in [1.82, 2.24) is 19.9 Å². The molecule has 0 atom stereocenters. The highest BCUT2D eigenvalue weighted by Crippen LogP contribution is 2.27. The number of hydrogen-bond acceptors (Lipinski definition) is 4. The Labute approximate surface area is 175 Å². The summed E-state index contributed by atoms with van der Waals surface area (Å²) in [5, 5.41) is 2.67. The summed E-state index contributed by atoms with van der Waals surface area (Å²) in [7, 11) is 1.55. The summed E-state index contributed by atoms with van der Waals surface area (Å²) in [4.78, 5) is 43.0. The van der Waals surface area contributed by atoms with E-state index in [4.69, 9.17) is 4.74 Å². The standard InChI is InChI=1S/C22H19FN4O4/c1-31-14-6-4-5-13(9-14)10-24-18(28)12-27-21(29)20-19(26-22(27)30)16(11-25-20)15-7-2-3-8-17(15)23/h2-9,11,25H,10,12H2,1H3,(H,24,28)(H,26,30). The van der Waals surface area contributed by atoms with Crippen LogP contribution in [0.25, 0.3) is 22.2 Å². The van der Waals surface area contributed by atoms with E-state index in [1.54, 1.807) is 43.5 Å². The lowest BCUT2D eigenvalue weighted by Crippen LogP contribution is -2.40. The van der Waals surface area contributed by atoms with Crippen LogP contribution in [0.3, 0.4) is 0 Å². The fourth-order valence-corrected chi connectivity index (χ4v) is 3.34. The van der Waals surface area contributed by atoms with E-state index >= 15 is 0 Å². The van der Waals surface area contributed by atoms with Crippen LogP contribution < -0.4 is 21.3 Å². The van der Waals surface area contributed by atoms with Gasteiger partial charge >= 0.3 is 5.69 Å². The maximum absolute atomic E-state index is 14.2. The molecule has 4 aromatic rings. The van der Waals surface area contributed by atoms with Gasteiger partial charge in [-0.25, -0.2) is 13.8 Å². The van der Waals surface area contributed by atoms with Gasteiger partial charge in [-0.05, 0) is 23.8 Å². The zero-order valence-corrected chi connectivity index (χ0v) is 16.6. The maximum atomic E-state index is 14.2. The Bertz CT molecular complexity index is 1390. The van der Waals surface area contributed by atoms with Crippen LogP contribution in [0.4, 0.5) is 4.39 Å². The van der Waals surface area contributed by atoms with E-state index in [-0.39, 0.29) is 23.1 Å². The van der Waals surface area contributed by atoms with E-state index < -0.39 is 29.5 Å². The van der Waals surface area contributed by atoms with Crippen molar-refractivity contribution in [3.05, 3.63) is 86.9 Å². The minimum absolute atomic E-state index is 0.0819. The zero-order valence-electron chi connectivity index (χ0n) is 16.6. The van der Waals surface area contributed by atoms with Crippen LogP contribution in [0, 0.1) is 5.82 Å². The van der Waals surface area contributed by atoms with Gasteiger partial charge in [0.05, 0.1) is 12.6 Å². The zero-order chi connectivity index (χ0) is 22.0.